The van der Waals surface area contributed by atoms with Gasteiger partial charge in [0, 0.05) is 62.5 Å². The third-order valence-corrected chi connectivity index (χ3v) is 6.57. The van der Waals surface area contributed by atoms with Gasteiger partial charge in [-0.15, -0.1) is 0 Å². The molecule has 0 unspecified atom stereocenters. The lowest BCUT2D eigenvalue weighted by Crippen LogP contribution is -2.33. The number of non-ortho nitro benzene ring substituents is 2. The molecule has 0 saturated carbocycles. The molecule has 0 radical (unpaired) electrons. The van der Waals surface area contributed by atoms with E-state index in [2.05, 4.69) is 9.80 Å². The molecule has 1 aliphatic heterocycles. The molecular weight excluding hydrogens is 625 g/mol. The maximum absolute atomic E-state index is 11.1. The summed E-state index contributed by atoms with van der Waals surface area (Å²) in [6, 6.07) is 9.25. The summed E-state index contributed by atoms with van der Waals surface area (Å²) in [5.74, 6) is -1.83. The molecule has 0 bridgehead atoms. The molecule has 0 atom stereocenters. The van der Waals surface area contributed by atoms with Gasteiger partial charge in [-0.05, 0) is 12.1 Å². The minimum Gasteiger partial charge on any atom is -0.496 e. The summed E-state index contributed by atoms with van der Waals surface area (Å²) in [5, 5.41) is 29.4. The van der Waals surface area contributed by atoms with Crippen LogP contribution in [0.1, 0.15) is 11.1 Å². The second-order valence-corrected chi connectivity index (χ2v) is 9.70. The summed E-state index contributed by atoms with van der Waals surface area (Å²) in [5.41, 5.74) is 1.64. The van der Waals surface area contributed by atoms with Crippen LogP contribution in [0.4, 0.5) is 24.5 Å². The first kappa shape index (κ1) is 38.1. The Morgan fingerprint density at radius 2 is 1.09 bits per heavy atom. The highest BCUT2D eigenvalue weighted by Crippen LogP contribution is 2.27. The van der Waals surface area contributed by atoms with Gasteiger partial charge >= 0.3 is 12.1 Å². The molecule has 3 rings (SSSR count). The van der Waals surface area contributed by atoms with Crippen LogP contribution in [0.25, 0.3) is 0 Å². The van der Waals surface area contributed by atoms with Crippen LogP contribution < -0.4 is 9.47 Å². The van der Waals surface area contributed by atoms with E-state index in [1.807, 2.05) is 0 Å². The van der Waals surface area contributed by atoms with Gasteiger partial charge in [-0.3, -0.25) is 30.0 Å². The van der Waals surface area contributed by atoms with E-state index >= 15 is 0 Å². The predicted molar refractivity (Wildman–Crippen MR) is 156 cm³/mol. The lowest BCUT2D eigenvalue weighted by atomic mass is 10.1. The van der Waals surface area contributed by atoms with E-state index in [1.165, 1.54) is 38.5 Å². The van der Waals surface area contributed by atoms with Gasteiger partial charge in [0.05, 0.1) is 75.8 Å². The number of carboxylic acids is 1. The number of aliphatic carboxylic acids is 1. The Kier molecular flexibility index (Phi) is 16.1. The number of ether oxygens (including phenoxy) is 5. The number of nitro benzene ring substituents is 2. The first-order chi connectivity index (χ1) is 21.8. The van der Waals surface area contributed by atoms with Gasteiger partial charge in [-0.25, -0.2) is 4.79 Å². The molecule has 1 fully saturated rings. The number of methoxy groups -OCH3 is 2. The minimum absolute atomic E-state index is 0.0183. The second kappa shape index (κ2) is 19.4. The molecule has 15 nitrogen and oxygen atoms in total. The van der Waals surface area contributed by atoms with E-state index < -0.39 is 22.0 Å². The highest BCUT2D eigenvalue weighted by atomic mass is 19.4. The lowest BCUT2D eigenvalue weighted by molar-refractivity contribution is -0.385. The Morgan fingerprint density at radius 3 is 1.37 bits per heavy atom. The molecule has 0 amide bonds. The highest BCUT2D eigenvalue weighted by Gasteiger charge is 2.38. The number of carbonyl (C=O) groups is 1. The van der Waals surface area contributed by atoms with Gasteiger partial charge in [0.25, 0.3) is 11.4 Å². The molecule has 2 aromatic carbocycles. The van der Waals surface area contributed by atoms with Crippen molar-refractivity contribution in [1.29, 1.82) is 0 Å². The summed E-state index contributed by atoms with van der Waals surface area (Å²) < 4.78 is 60.0. The number of nitro groups is 2. The zero-order chi connectivity index (χ0) is 34.1. The number of halogens is 3. The van der Waals surface area contributed by atoms with Crippen LogP contribution in [0.3, 0.4) is 0 Å². The van der Waals surface area contributed by atoms with E-state index in [1.54, 1.807) is 12.1 Å². The molecule has 0 aromatic heterocycles. The van der Waals surface area contributed by atoms with Gasteiger partial charge in [-0.1, -0.05) is 0 Å². The third kappa shape index (κ3) is 13.5. The Morgan fingerprint density at radius 1 is 0.761 bits per heavy atom. The maximum atomic E-state index is 11.1. The Hall–Kier alpha value is -4.10. The van der Waals surface area contributed by atoms with Crippen LogP contribution in [0.15, 0.2) is 36.4 Å². The van der Waals surface area contributed by atoms with Crippen molar-refractivity contribution in [3.05, 3.63) is 67.8 Å². The fraction of sp³-hybridized carbons (Fsp3) is 0.536. The van der Waals surface area contributed by atoms with Gasteiger partial charge < -0.3 is 28.8 Å². The smallest absolute Gasteiger partial charge is 0.490 e. The molecule has 18 heteroatoms. The van der Waals surface area contributed by atoms with Gasteiger partial charge in [0.1, 0.15) is 11.5 Å². The monoisotopic (exact) mass is 662 g/mol. The van der Waals surface area contributed by atoms with E-state index in [9.17, 15) is 33.4 Å². The fourth-order valence-electron chi connectivity index (χ4n) is 4.18. The molecule has 256 valence electrons. The number of hydrogen-bond acceptors (Lipinski definition) is 12. The van der Waals surface area contributed by atoms with Crippen LogP contribution in [0.2, 0.25) is 0 Å². The standard InChI is InChI=1S/C26H36N4O9.C2HF3O2/c1-35-25-17-23(29(31)32)5-3-21(25)19-27-7-11-37-12-8-28(10-14-39-16-15-38-13-9-27)20-22-4-6-24(30(33)34)18-26(22)36-2;3-2(4,5)1(6)7/h3-6,17-18H,7-16,19-20H2,1-2H3;(H,6,7). The number of nitrogens with zero attached hydrogens (tertiary/aromatic N) is 4. The van der Waals surface area contributed by atoms with Crippen molar-refractivity contribution in [3.63, 3.8) is 0 Å². The van der Waals surface area contributed by atoms with Crippen molar-refractivity contribution in [2.75, 3.05) is 80.0 Å². The topological polar surface area (TPSA) is 176 Å². The molecule has 1 saturated heterocycles. The SMILES string of the molecule is COc1cc([N+](=O)[O-])ccc1CN1CCOCCOCCN(Cc2ccc([N+](=O)[O-])cc2OC)CCOCC1.O=C(O)C(F)(F)F. The number of carboxylic acid groups (broad SMARTS) is 1. The molecule has 2 aromatic rings. The summed E-state index contributed by atoms with van der Waals surface area (Å²) in [4.78, 5) is 34.6. The predicted octanol–water partition coefficient (Wildman–Crippen LogP) is 3.52. The van der Waals surface area contributed by atoms with Crippen molar-refractivity contribution < 1.29 is 56.6 Å². The summed E-state index contributed by atoms with van der Waals surface area (Å²) in [6.45, 7) is 6.52. The molecule has 1 aliphatic rings. The molecule has 1 heterocycles. The second-order valence-electron chi connectivity index (χ2n) is 9.70. The average molecular weight is 663 g/mol. The van der Waals surface area contributed by atoms with E-state index in [0.29, 0.717) is 90.4 Å². The van der Waals surface area contributed by atoms with Crippen molar-refractivity contribution >= 4 is 17.3 Å². The first-order valence-electron chi connectivity index (χ1n) is 14.0. The summed E-state index contributed by atoms with van der Waals surface area (Å²) in [6.07, 6.45) is -5.08. The number of rotatable bonds is 8. The minimum atomic E-state index is -5.08. The Bertz CT molecular complexity index is 1200. The van der Waals surface area contributed by atoms with Crippen molar-refractivity contribution in [1.82, 2.24) is 9.80 Å². The number of alkyl halides is 3. The van der Waals surface area contributed by atoms with Crippen molar-refractivity contribution in [3.8, 4) is 11.5 Å². The zero-order valence-corrected chi connectivity index (χ0v) is 25.4. The molecule has 0 aliphatic carbocycles. The lowest BCUT2D eigenvalue weighted by Gasteiger charge is -2.24. The summed E-state index contributed by atoms with van der Waals surface area (Å²) in [7, 11) is 3.00. The largest absolute Gasteiger partial charge is 0.496 e. The van der Waals surface area contributed by atoms with Gasteiger partial charge in [-0.2, -0.15) is 13.2 Å². The van der Waals surface area contributed by atoms with Gasteiger partial charge in [0.15, 0.2) is 0 Å². The molecule has 46 heavy (non-hydrogen) atoms. The average Bonchev–Trinajstić information content (AvgIpc) is 3.02. The maximum Gasteiger partial charge on any atom is 0.490 e. The van der Waals surface area contributed by atoms with Crippen LogP contribution >= 0.6 is 0 Å². The van der Waals surface area contributed by atoms with E-state index in [-0.39, 0.29) is 11.4 Å². The Balaban J connectivity index is 0.000000942. The number of hydrogen-bond donors (Lipinski definition) is 1. The van der Waals surface area contributed by atoms with Crippen molar-refractivity contribution in [2.45, 2.75) is 19.3 Å². The molecule has 0 spiro atoms. The van der Waals surface area contributed by atoms with Crippen LogP contribution in [-0.4, -0.2) is 117 Å². The van der Waals surface area contributed by atoms with E-state index in [0.717, 1.165) is 11.1 Å². The normalized spacial score (nSPS) is 16.2. The van der Waals surface area contributed by atoms with E-state index in [4.69, 9.17) is 33.6 Å². The third-order valence-electron chi connectivity index (χ3n) is 6.57. The highest BCUT2D eigenvalue weighted by molar-refractivity contribution is 5.73. The first-order valence-corrected chi connectivity index (χ1v) is 14.0. The van der Waals surface area contributed by atoms with Crippen molar-refractivity contribution in [2.24, 2.45) is 0 Å². The van der Waals surface area contributed by atoms with Crippen LogP contribution in [0.5, 0.6) is 11.5 Å². The zero-order valence-electron chi connectivity index (χ0n) is 25.4. The fourth-order valence-corrected chi connectivity index (χ4v) is 4.18. The quantitative estimate of drug-likeness (QED) is 0.321. The van der Waals surface area contributed by atoms with Gasteiger partial charge in [0.2, 0.25) is 0 Å². The Labute approximate surface area is 262 Å². The molecule has 1 N–H and O–H groups in total. The summed E-state index contributed by atoms with van der Waals surface area (Å²) >= 11 is 0. The van der Waals surface area contributed by atoms with Crippen LogP contribution in [0, 0.1) is 20.2 Å². The molecular formula is C28H37F3N4O11. The van der Waals surface area contributed by atoms with Crippen LogP contribution in [-0.2, 0) is 32.1 Å². The number of benzene rings is 2.